The van der Waals surface area contributed by atoms with Gasteiger partial charge in [0.15, 0.2) is 0 Å². The third kappa shape index (κ3) is 3.03. The lowest BCUT2D eigenvalue weighted by Gasteiger charge is -2.27. The summed E-state index contributed by atoms with van der Waals surface area (Å²) in [5.74, 6) is 0.390. The molecule has 1 aliphatic heterocycles. The molecule has 0 amide bonds. The lowest BCUT2D eigenvalue weighted by molar-refractivity contribution is 0.102. The summed E-state index contributed by atoms with van der Waals surface area (Å²) in [7, 11) is 3.51. The van der Waals surface area contributed by atoms with Gasteiger partial charge in [0, 0.05) is 25.2 Å². The van der Waals surface area contributed by atoms with Gasteiger partial charge < -0.3 is 9.84 Å². The van der Waals surface area contributed by atoms with Gasteiger partial charge in [-0.25, -0.2) is 9.07 Å². The van der Waals surface area contributed by atoms with E-state index >= 15 is 0 Å². The summed E-state index contributed by atoms with van der Waals surface area (Å²) in [5.41, 5.74) is 2.35. The number of aromatic nitrogens is 2. The number of hydrogen-bond acceptors (Lipinski definition) is 4. The minimum atomic E-state index is -0.852. The second kappa shape index (κ2) is 6.91. The zero-order valence-electron chi connectivity index (χ0n) is 14.4. The lowest BCUT2D eigenvalue weighted by atomic mass is 10.0. The van der Waals surface area contributed by atoms with Crippen molar-refractivity contribution in [1.82, 2.24) is 14.7 Å². The van der Waals surface area contributed by atoms with Crippen LogP contribution in [0.1, 0.15) is 41.8 Å². The van der Waals surface area contributed by atoms with Gasteiger partial charge >= 0.3 is 0 Å². The van der Waals surface area contributed by atoms with Crippen molar-refractivity contribution in [3.63, 3.8) is 0 Å². The van der Waals surface area contributed by atoms with Crippen LogP contribution < -0.4 is 4.74 Å². The minimum absolute atomic E-state index is 0.134. The highest BCUT2D eigenvalue weighted by Gasteiger charge is 2.33. The molecule has 1 N–H and O–H groups in total. The van der Waals surface area contributed by atoms with E-state index in [1.807, 2.05) is 14.0 Å². The third-order valence-corrected chi connectivity index (χ3v) is 4.78. The smallest absolute Gasteiger partial charge is 0.216 e. The largest absolute Gasteiger partial charge is 0.481 e. The van der Waals surface area contributed by atoms with Crippen molar-refractivity contribution in [3.8, 4) is 5.88 Å². The molecule has 1 saturated heterocycles. The van der Waals surface area contributed by atoms with E-state index < -0.39 is 6.10 Å². The number of ether oxygens (including phenoxy) is 1. The summed E-state index contributed by atoms with van der Waals surface area (Å²) in [6, 6.07) is 6.54. The van der Waals surface area contributed by atoms with Gasteiger partial charge in [-0.1, -0.05) is 18.2 Å². The Morgan fingerprint density at radius 1 is 1.42 bits per heavy atom. The molecule has 1 aromatic carbocycles. The van der Waals surface area contributed by atoms with Gasteiger partial charge in [-0.15, -0.1) is 0 Å². The quantitative estimate of drug-likeness (QED) is 0.914. The summed E-state index contributed by atoms with van der Waals surface area (Å²) in [6.07, 6.45) is 1.16. The molecule has 5 nitrogen and oxygen atoms in total. The van der Waals surface area contributed by atoms with Gasteiger partial charge in [-0.05, 0) is 32.4 Å². The SMILES string of the molecule is COc1c([C@@H]2CCCN2C[C@H](O)c2ccccc2F)c(C)nn1C. The number of aryl methyl sites for hydroxylation is 2. The number of nitrogens with zero attached hydrogens (tertiary/aromatic N) is 3. The van der Waals surface area contributed by atoms with Crippen LogP contribution in [0.2, 0.25) is 0 Å². The number of benzene rings is 1. The molecule has 0 bridgehead atoms. The first-order valence-corrected chi connectivity index (χ1v) is 8.27. The Labute approximate surface area is 141 Å². The van der Waals surface area contributed by atoms with Gasteiger partial charge in [0.25, 0.3) is 0 Å². The average molecular weight is 333 g/mol. The van der Waals surface area contributed by atoms with Crippen LogP contribution in [0, 0.1) is 12.7 Å². The Morgan fingerprint density at radius 2 is 2.17 bits per heavy atom. The number of likely N-dealkylation sites (tertiary alicyclic amines) is 1. The number of methoxy groups -OCH3 is 1. The van der Waals surface area contributed by atoms with Crippen molar-refractivity contribution in [1.29, 1.82) is 0 Å². The minimum Gasteiger partial charge on any atom is -0.481 e. The van der Waals surface area contributed by atoms with Crippen LogP contribution >= 0.6 is 0 Å². The van der Waals surface area contributed by atoms with Crippen LogP contribution in [0.25, 0.3) is 0 Å². The van der Waals surface area contributed by atoms with Crippen LogP contribution in [-0.2, 0) is 7.05 Å². The number of halogens is 1. The highest BCUT2D eigenvalue weighted by atomic mass is 19.1. The lowest BCUT2D eigenvalue weighted by Crippen LogP contribution is -2.29. The maximum atomic E-state index is 13.9. The summed E-state index contributed by atoms with van der Waals surface area (Å²) in [4.78, 5) is 2.20. The Morgan fingerprint density at radius 3 is 2.88 bits per heavy atom. The molecule has 0 unspecified atom stereocenters. The fraction of sp³-hybridized carbons (Fsp3) is 0.500. The van der Waals surface area contributed by atoms with Crippen molar-refractivity contribution in [3.05, 3.63) is 46.9 Å². The molecular weight excluding hydrogens is 309 g/mol. The van der Waals surface area contributed by atoms with Crippen molar-refractivity contribution < 1.29 is 14.2 Å². The first-order valence-electron chi connectivity index (χ1n) is 8.27. The van der Waals surface area contributed by atoms with Crippen LogP contribution in [0.15, 0.2) is 24.3 Å². The van der Waals surface area contributed by atoms with Crippen molar-refractivity contribution in [2.45, 2.75) is 31.9 Å². The zero-order valence-corrected chi connectivity index (χ0v) is 14.4. The summed E-state index contributed by atoms with van der Waals surface area (Å²) >= 11 is 0. The van der Waals surface area contributed by atoms with Gasteiger partial charge in [0.05, 0.1) is 24.5 Å². The van der Waals surface area contributed by atoms with E-state index in [1.165, 1.54) is 6.07 Å². The predicted molar refractivity (Wildman–Crippen MR) is 89.4 cm³/mol. The van der Waals surface area contributed by atoms with Crippen molar-refractivity contribution in [2.75, 3.05) is 20.2 Å². The van der Waals surface area contributed by atoms with E-state index in [9.17, 15) is 9.50 Å². The fourth-order valence-electron chi connectivity index (χ4n) is 3.72. The fourth-order valence-corrected chi connectivity index (χ4v) is 3.72. The molecule has 6 heteroatoms. The normalized spacial score (nSPS) is 19.6. The molecule has 0 saturated carbocycles. The van der Waals surface area contributed by atoms with Crippen molar-refractivity contribution >= 4 is 0 Å². The molecule has 0 spiro atoms. The highest BCUT2D eigenvalue weighted by Crippen LogP contribution is 2.39. The molecule has 2 heterocycles. The molecule has 1 aromatic heterocycles. The maximum Gasteiger partial charge on any atom is 0.216 e. The molecule has 1 fully saturated rings. The average Bonchev–Trinajstić information content (AvgIpc) is 3.10. The van der Waals surface area contributed by atoms with E-state index in [2.05, 4.69) is 10.00 Å². The van der Waals surface area contributed by atoms with E-state index in [-0.39, 0.29) is 11.9 Å². The standard InChI is InChI=1S/C18H24FN3O2/c1-12-17(18(24-3)21(2)20-12)15-9-6-10-22(15)11-16(23)13-7-4-5-8-14(13)19/h4-5,7-8,15-16,23H,6,9-11H2,1-3H3/t15-,16-/m0/s1. The molecule has 3 rings (SSSR count). The highest BCUT2D eigenvalue weighted by molar-refractivity contribution is 5.35. The maximum absolute atomic E-state index is 13.9. The number of β-amino-alcohol motifs (C(OH)–C–C–N with tert-alkyl or cyclic N) is 1. The molecular formula is C18H24FN3O2. The van der Waals surface area contributed by atoms with Crippen LogP contribution in [-0.4, -0.2) is 40.0 Å². The summed E-state index contributed by atoms with van der Waals surface area (Å²) in [5, 5.41) is 14.9. The number of hydrogen-bond donors (Lipinski definition) is 1. The predicted octanol–water partition coefficient (Wildman–Crippen LogP) is 2.75. The molecule has 0 aliphatic carbocycles. The number of aliphatic hydroxyl groups excluding tert-OH is 1. The van der Waals surface area contributed by atoms with Gasteiger partial charge in [-0.2, -0.15) is 5.10 Å². The van der Waals surface area contributed by atoms with Crippen LogP contribution in [0.3, 0.4) is 0 Å². The Kier molecular flexibility index (Phi) is 4.87. The Bertz CT molecular complexity index is 716. The molecule has 2 atom stereocenters. The van der Waals surface area contributed by atoms with Crippen LogP contribution in [0.5, 0.6) is 5.88 Å². The molecule has 24 heavy (non-hydrogen) atoms. The van der Waals surface area contributed by atoms with E-state index in [0.29, 0.717) is 12.1 Å². The molecule has 0 radical (unpaired) electrons. The van der Waals surface area contributed by atoms with Crippen molar-refractivity contribution in [2.24, 2.45) is 7.05 Å². The van der Waals surface area contributed by atoms with E-state index in [4.69, 9.17) is 4.74 Å². The Balaban J connectivity index is 1.83. The summed E-state index contributed by atoms with van der Waals surface area (Å²) in [6.45, 7) is 3.23. The third-order valence-electron chi connectivity index (χ3n) is 4.78. The first-order chi connectivity index (χ1) is 11.5. The van der Waals surface area contributed by atoms with E-state index in [1.54, 1.807) is 30.0 Å². The number of rotatable bonds is 5. The van der Waals surface area contributed by atoms with Gasteiger partial charge in [0.2, 0.25) is 5.88 Å². The number of aliphatic hydroxyl groups is 1. The Hall–Kier alpha value is -1.92. The summed E-state index contributed by atoms with van der Waals surface area (Å²) < 4.78 is 21.2. The van der Waals surface area contributed by atoms with Gasteiger partial charge in [0.1, 0.15) is 5.82 Å². The van der Waals surface area contributed by atoms with E-state index in [0.717, 1.165) is 36.5 Å². The molecule has 130 valence electrons. The monoisotopic (exact) mass is 333 g/mol. The van der Waals surface area contributed by atoms with Crippen LogP contribution in [0.4, 0.5) is 4.39 Å². The van der Waals surface area contributed by atoms with Gasteiger partial charge in [-0.3, -0.25) is 4.90 Å². The topological polar surface area (TPSA) is 50.5 Å². The zero-order chi connectivity index (χ0) is 17.3. The molecule has 2 aromatic rings. The first kappa shape index (κ1) is 16.9. The molecule has 1 aliphatic rings. The second-order valence-electron chi connectivity index (χ2n) is 6.32. The second-order valence-corrected chi connectivity index (χ2v) is 6.32.